The number of esters is 1. The molecule has 3 rings (SSSR count). The van der Waals surface area contributed by atoms with E-state index >= 15 is 0 Å². The Hall–Kier alpha value is -2.34. The van der Waals surface area contributed by atoms with Crippen molar-refractivity contribution in [2.24, 2.45) is 0 Å². The highest BCUT2D eigenvalue weighted by atomic mass is 32.1. The molecule has 1 aliphatic carbocycles. The highest BCUT2D eigenvalue weighted by molar-refractivity contribution is 7.15. The van der Waals surface area contributed by atoms with Gasteiger partial charge in [0.05, 0.1) is 18.3 Å². The van der Waals surface area contributed by atoms with E-state index in [1.807, 2.05) is 19.2 Å². The number of nitrogens with one attached hydrogen (secondary N) is 1. The van der Waals surface area contributed by atoms with E-state index in [1.165, 1.54) is 11.3 Å². The van der Waals surface area contributed by atoms with Gasteiger partial charge in [-0.1, -0.05) is 0 Å². The lowest BCUT2D eigenvalue weighted by atomic mass is 10.1. The Labute approximate surface area is 157 Å². The van der Waals surface area contributed by atoms with Gasteiger partial charge in [-0.2, -0.15) is 0 Å². The molecule has 138 valence electrons. The molecule has 1 N–H and O–H groups in total. The second-order valence-electron chi connectivity index (χ2n) is 6.54. The molecule has 0 saturated heterocycles. The van der Waals surface area contributed by atoms with Crippen molar-refractivity contribution in [1.29, 1.82) is 0 Å². The number of carbonyl (C=O) groups is 2. The molecule has 1 heterocycles. The molecule has 1 amide bonds. The topological polar surface area (TPSA) is 64.6 Å². The molecule has 0 radical (unpaired) electrons. The van der Waals surface area contributed by atoms with Crippen LogP contribution in [0.4, 0.5) is 5.00 Å². The second kappa shape index (κ2) is 7.91. The Morgan fingerprint density at radius 2 is 1.92 bits per heavy atom. The average Bonchev–Trinajstić information content (AvgIpc) is 3.36. The van der Waals surface area contributed by atoms with Crippen molar-refractivity contribution in [2.75, 3.05) is 11.9 Å². The highest BCUT2D eigenvalue weighted by Crippen LogP contribution is 2.46. The van der Waals surface area contributed by atoms with Crippen molar-refractivity contribution >= 4 is 28.2 Å². The number of carbonyl (C=O) groups excluding carboxylic acids is 2. The number of thiophene rings is 1. The minimum Gasteiger partial charge on any atom is -0.491 e. The molecular weight excluding hydrogens is 350 g/mol. The van der Waals surface area contributed by atoms with Crippen LogP contribution in [-0.4, -0.2) is 24.6 Å². The van der Waals surface area contributed by atoms with Crippen LogP contribution in [0.5, 0.6) is 5.75 Å². The second-order valence-corrected chi connectivity index (χ2v) is 7.41. The molecule has 1 saturated carbocycles. The fraction of sp³-hybridized carbons (Fsp3) is 0.400. The summed E-state index contributed by atoms with van der Waals surface area (Å²) in [5.41, 5.74) is 2.01. The maximum Gasteiger partial charge on any atom is 0.341 e. The van der Waals surface area contributed by atoms with E-state index in [1.54, 1.807) is 31.2 Å². The third-order valence-corrected chi connectivity index (χ3v) is 4.95. The number of amides is 1. The summed E-state index contributed by atoms with van der Waals surface area (Å²) in [6.45, 7) is 5.99. The van der Waals surface area contributed by atoms with Gasteiger partial charge < -0.3 is 14.8 Å². The predicted octanol–water partition coefficient (Wildman–Crippen LogP) is 4.84. The summed E-state index contributed by atoms with van der Waals surface area (Å²) in [4.78, 5) is 24.9. The quantitative estimate of drug-likeness (QED) is 0.705. The zero-order valence-electron chi connectivity index (χ0n) is 15.2. The number of hydrogen-bond acceptors (Lipinski definition) is 5. The van der Waals surface area contributed by atoms with Crippen LogP contribution in [-0.2, 0) is 4.74 Å². The summed E-state index contributed by atoms with van der Waals surface area (Å²) in [7, 11) is 0. The zero-order valence-corrected chi connectivity index (χ0v) is 16.0. The molecule has 1 aromatic heterocycles. The summed E-state index contributed by atoms with van der Waals surface area (Å²) >= 11 is 1.38. The number of ether oxygens (including phenoxy) is 2. The molecule has 0 atom stereocenters. The Morgan fingerprint density at radius 1 is 1.23 bits per heavy atom. The molecule has 0 spiro atoms. The average molecular weight is 373 g/mol. The van der Waals surface area contributed by atoms with Gasteiger partial charge in [0.2, 0.25) is 0 Å². The summed E-state index contributed by atoms with van der Waals surface area (Å²) in [5, 5.41) is 5.38. The number of anilines is 1. The van der Waals surface area contributed by atoms with Gasteiger partial charge in [-0.15, -0.1) is 11.3 Å². The van der Waals surface area contributed by atoms with E-state index in [0.717, 1.165) is 24.2 Å². The molecular formula is C20H23NO4S. The molecule has 1 aliphatic rings. The van der Waals surface area contributed by atoms with Crippen LogP contribution in [0.2, 0.25) is 0 Å². The fourth-order valence-electron chi connectivity index (χ4n) is 2.70. The van der Waals surface area contributed by atoms with E-state index in [2.05, 4.69) is 5.32 Å². The van der Waals surface area contributed by atoms with Crippen LogP contribution < -0.4 is 10.1 Å². The van der Waals surface area contributed by atoms with Crippen LogP contribution in [0.25, 0.3) is 0 Å². The standard InChI is InChI=1S/C20H23NO4S/c1-4-24-20(23)17-16(13-5-6-13)11-26-19(17)21-18(22)14-7-9-15(10-8-14)25-12(2)3/h7-13H,4-6H2,1-3H3,(H,21,22). The number of rotatable bonds is 7. The first-order valence-electron chi connectivity index (χ1n) is 8.86. The molecule has 0 aliphatic heterocycles. The first-order chi connectivity index (χ1) is 12.5. The number of benzene rings is 1. The Bertz CT molecular complexity index is 791. The third-order valence-electron chi connectivity index (χ3n) is 4.03. The van der Waals surface area contributed by atoms with E-state index in [-0.39, 0.29) is 18.0 Å². The van der Waals surface area contributed by atoms with Crippen molar-refractivity contribution in [2.45, 2.75) is 45.6 Å². The molecule has 2 aromatic rings. The van der Waals surface area contributed by atoms with Crippen LogP contribution >= 0.6 is 11.3 Å². The van der Waals surface area contributed by atoms with E-state index in [9.17, 15) is 9.59 Å². The van der Waals surface area contributed by atoms with Crippen molar-refractivity contribution in [3.63, 3.8) is 0 Å². The van der Waals surface area contributed by atoms with Gasteiger partial charge in [0.15, 0.2) is 0 Å². The van der Waals surface area contributed by atoms with Gasteiger partial charge >= 0.3 is 5.97 Å². The van der Waals surface area contributed by atoms with Gasteiger partial charge in [0.1, 0.15) is 10.8 Å². The van der Waals surface area contributed by atoms with Crippen molar-refractivity contribution in [3.8, 4) is 5.75 Å². The fourth-order valence-corrected chi connectivity index (χ4v) is 3.73. The first-order valence-corrected chi connectivity index (χ1v) is 9.74. The zero-order chi connectivity index (χ0) is 18.7. The van der Waals surface area contributed by atoms with Gasteiger partial charge in [-0.3, -0.25) is 4.79 Å². The van der Waals surface area contributed by atoms with Crippen molar-refractivity contribution in [3.05, 3.63) is 46.3 Å². The van der Waals surface area contributed by atoms with Crippen LogP contribution in [0.3, 0.4) is 0 Å². The Morgan fingerprint density at radius 3 is 2.50 bits per heavy atom. The van der Waals surface area contributed by atoms with E-state index < -0.39 is 0 Å². The van der Waals surface area contributed by atoms with Crippen molar-refractivity contribution < 1.29 is 19.1 Å². The third kappa shape index (κ3) is 4.25. The minimum atomic E-state index is -0.369. The van der Waals surface area contributed by atoms with Crippen molar-refractivity contribution in [1.82, 2.24) is 0 Å². The summed E-state index contributed by atoms with van der Waals surface area (Å²) < 4.78 is 10.8. The monoisotopic (exact) mass is 373 g/mol. The molecule has 5 nitrogen and oxygen atoms in total. The van der Waals surface area contributed by atoms with Crippen LogP contribution in [0, 0.1) is 0 Å². The largest absolute Gasteiger partial charge is 0.491 e. The molecule has 1 fully saturated rings. The minimum absolute atomic E-state index is 0.0776. The SMILES string of the molecule is CCOC(=O)c1c(C2CC2)csc1NC(=O)c1ccc(OC(C)C)cc1. The first kappa shape index (κ1) is 18.5. The molecule has 0 unspecified atom stereocenters. The Kier molecular flexibility index (Phi) is 5.61. The van der Waals surface area contributed by atoms with Gasteiger partial charge in [0.25, 0.3) is 5.91 Å². The summed E-state index contributed by atoms with van der Waals surface area (Å²) in [6, 6.07) is 6.97. The summed E-state index contributed by atoms with van der Waals surface area (Å²) in [6.07, 6.45) is 2.23. The molecule has 26 heavy (non-hydrogen) atoms. The van der Waals surface area contributed by atoms with E-state index in [4.69, 9.17) is 9.47 Å². The highest BCUT2D eigenvalue weighted by Gasteiger charge is 2.32. The maximum absolute atomic E-state index is 12.6. The van der Waals surface area contributed by atoms with Gasteiger partial charge in [0, 0.05) is 5.56 Å². The lowest BCUT2D eigenvalue weighted by Crippen LogP contribution is -2.15. The molecule has 0 bridgehead atoms. The van der Waals surface area contributed by atoms with Gasteiger partial charge in [-0.05, 0) is 74.7 Å². The van der Waals surface area contributed by atoms with E-state index in [0.29, 0.717) is 28.7 Å². The van der Waals surface area contributed by atoms with Crippen LogP contribution in [0.15, 0.2) is 29.6 Å². The molecule has 1 aromatic carbocycles. The van der Waals surface area contributed by atoms with Gasteiger partial charge in [-0.25, -0.2) is 4.79 Å². The summed E-state index contributed by atoms with van der Waals surface area (Å²) in [5.74, 6) is 0.502. The lowest BCUT2D eigenvalue weighted by molar-refractivity contribution is 0.0527. The maximum atomic E-state index is 12.6. The normalized spacial score (nSPS) is 13.5. The lowest BCUT2D eigenvalue weighted by Gasteiger charge is -2.11. The molecule has 6 heteroatoms. The smallest absolute Gasteiger partial charge is 0.341 e. The number of hydrogen-bond donors (Lipinski definition) is 1. The van der Waals surface area contributed by atoms with Crippen LogP contribution in [0.1, 0.15) is 65.8 Å². The Balaban J connectivity index is 1.77. The predicted molar refractivity (Wildman–Crippen MR) is 102 cm³/mol.